The number of hydrogen-bond donors (Lipinski definition) is 0. The summed E-state index contributed by atoms with van der Waals surface area (Å²) in [6.45, 7) is 13.9. The molecule has 0 aliphatic heterocycles. The second kappa shape index (κ2) is 7.51. The summed E-state index contributed by atoms with van der Waals surface area (Å²) in [5, 5.41) is 0. The van der Waals surface area contributed by atoms with Gasteiger partial charge in [-0.2, -0.15) is 0 Å². The van der Waals surface area contributed by atoms with Gasteiger partial charge in [-0.15, -0.1) is 0 Å². The normalized spacial score (nSPS) is 18.0. The van der Waals surface area contributed by atoms with Gasteiger partial charge in [-0.1, -0.05) is 27.7 Å². The minimum Gasteiger partial charge on any atom is -0.293 e. The molecule has 106 valence electrons. The van der Waals surface area contributed by atoms with Crippen LogP contribution < -0.4 is 0 Å². The Labute approximate surface area is 112 Å². The van der Waals surface area contributed by atoms with Crippen LogP contribution in [0, 0.1) is 11.3 Å². The highest BCUT2D eigenvalue weighted by Gasteiger charge is 2.23. The van der Waals surface area contributed by atoms with Gasteiger partial charge in [0.1, 0.15) is 0 Å². The van der Waals surface area contributed by atoms with Crippen molar-refractivity contribution in [1.29, 1.82) is 0 Å². The molecule has 2 unspecified atom stereocenters. The van der Waals surface area contributed by atoms with Crippen LogP contribution in [0.4, 0.5) is 0 Å². The Morgan fingerprint density at radius 2 is 0.944 bits per heavy atom. The lowest BCUT2D eigenvalue weighted by Crippen LogP contribution is -2.19. The van der Waals surface area contributed by atoms with Crippen LogP contribution >= 0.6 is 14.6 Å². The molecule has 0 spiro atoms. The highest BCUT2D eigenvalue weighted by atomic mass is 31.2. The number of nitrogens with zero attached hydrogens (tertiary/aromatic N) is 2. The largest absolute Gasteiger partial charge is 0.293 e. The fraction of sp³-hybridized carbons (Fsp3) is 0.833. The molecule has 0 aromatic rings. The van der Waals surface area contributed by atoms with Crippen molar-refractivity contribution >= 4 is 14.6 Å². The van der Waals surface area contributed by atoms with Crippen LogP contribution in [0.3, 0.4) is 0 Å². The first-order chi connectivity index (χ1) is 8.25. The van der Waals surface area contributed by atoms with Crippen molar-refractivity contribution in [3.8, 4) is 11.3 Å². The van der Waals surface area contributed by atoms with Crippen LogP contribution in [-0.2, 0) is 9.13 Å². The molecule has 2 atom stereocenters. The Kier molecular flexibility index (Phi) is 7.48. The summed E-state index contributed by atoms with van der Waals surface area (Å²) >= 11 is 0. The van der Waals surface area contributed by atoms with Gasteiger partial charge in [0.05, 0.1) is 0 Å². The zero-order chi connectivity index (χ0) is 14.4. The van der Waals surface area contributed by atoms with E-state index in [1.165, 1.54) is 0 Å². The molecule has 0 bridgehead atoms. The lowest BCUT2D eigenvalue weighted by atomic mass is 10.7. The lowest BCUT2D eigenvalue weighted by molar-refractivity contribution is 0.454. The first kappa shape index (κ1) is 17.9. The maximum absolute atomic E-state index is 12.4. The third-order valence-corrected chi connectivity index (χ3v) is 7.52. The second-order valence-corrected chi connectivity index (χ2v) is 9.35. The minimum absolute atomic E-state index is 0.693. The molecule has 4 nitrogen and oxygen atoms in total. The summed E-state index contributed by atoms with van der Waals surface area (Å²) in [4.78, 5) is 0. The average Bonchev–Trinajstić information content (AvgIpc) is 2.29. The first-order valence-corrected chi connectivity index (χ1v) is 10.7. The molecule has 0 aromatic carbocycles. The molecule has 0 fully saturated rings. The Morgan fingerprint density at radius 1 is 0.722 bits per heavy atom. The molecule has 0 rings (SSSR count). The van der Waals surface area contributed by atoms with E-state index >= 15 is 0 Å². The quantitative estimate of drug-likeness (QED) is 0.555. The zero-order valence-electron chi connectivity index (χ0n) is 12.4. The molecule has 0 saturated carbocycles. The third-order valence-electron chi connectivity index (χ3n) is 3.00. The molecule has 0 saturated heterocycles. The van der Waals surface area contributed by atoms with E-state index in [2.05, 4.69) is 11.3 Å². The van der Waals surface area contributed by atoms with Crippen LogP contribution in [0.15, 0.2) is 0 Å². The SMILES string of the molecule is CCN(CC)P(C)(=O)C#CP(C)(=O)N(CC)CC. The fourth-order valence-electron chi connectivity index (χ4n) is 1.85. The van der Waals surface area contributed by atoms with E-state index < -0.39 is 14.6 Å². The van der Waals surface area contributed by atoms with E-state index in [-0.39, 0.29) is 0 Å². The second-order valence-electron chi connectivity index (χ2n) is 4.26. The van der Waals surface area contributed by atoms with Crippen LogP contribution in [-0.4, -0.2) is 48.8 Å². The molecule has 6 heteroatoms. The van der Waals surface area contributed by atoms with Crippen molar-refractivity contribution in [3.05, 3.63) is 0 Å². The molecule has 0 aliphatic carbocycles. The molecule has 0 amide bonds. The van der Waals surface area contributed by atoms with Gasteiger partial charge in [-0.05, 0) is 11.3 Å². The number of rotatable bonds is 6. The molecule has 0 aliphatic rings. The molecule has 0 radical (unpaired) electrons. The molecular weight excluding hydrogens is 266 g/mol. The Hall–Kier alpha value is -0.0600. The predicted octanol–water partition coefficient (Wildman–Crippen LogP) is 3.40. The van der Waals surface area contributed by atoms with Gasteiger partial charge < -0.3 is 0 Å². The average molecular weight is 292 g/mol. The van der Waals surface area contributed by atoms with E-state index in [1.54, 1.807) is 13.3 Å². The van der Waals surface area contributed by atoms with Crippen LogP contribution in [0.1, 0.15) is 27.7 Å². The van der Waals surface area contributed by atoms with E-state index in [4.69, 9.17) is 0 Å². The van der Waals surface area contributed by atoms with Crippen molar-refractivity contribution in [2.24, 2.45) is 0 Å². The smallest absolute Gasteiger partial charge is 0.216 e. The first-order valence-electron chi connectivity index (χ1n) is 6.45. The molecule has 0 aromatic heterocycles. The Morgan fingerprint density at radius 3 is 1.11 bits per heavy atom. The van der Waals surface area contributed by atoms with Gasteiger partial charge in [0.2, 0.25) is 14.6 Å². The van der Waals surface area contributed by atoms with Gasteiger partial charge >= 0.3 is 0 Å². The molecule has 18 heavy (non-hydrogen) atoms. The van der Waals surface area contributed by atoms with Crippen LogP contribution in [0.5, 0.6) is 0 Å². The van der Waals surface area contributed by atoms with Crippen molar-refractivity contribution in [2.75, 3.05) is 39.5 Å². The topological polar surface area (TPSA) is 40.6 Å². The summed E-state index contributed by atoms with van der Waals surface area (Å²) in [7, 11) is -5.37. The van der Waals surface area contributed by atoms with Crippen molar-refractivity contribution in [3.63, 3.8) is 0 Å². The van der Waals surface area contributed by atoms with Crippen LogP contribution in [0.2, 0.25) is 0 Å². The van der Waals surface area contributed by atoms with Gasteiger partial charge in [-0.25, -0.2) is 9.34 Å². The Bertz CT molecular complexity index is 368. The lowest BCUT2D eigenvalue weighted by Gasteiger charge is -2.24. The molecular formula is C12H26N2O2P2. The van der Waals surface area contributed by atoms with Crippen LogP contribution in [0.25, 0.3) is 0 Å². The van der Waals surface area contributed by atoms with E-state index in [9.17, 15) is 9.13 Å². The summed E-state index contributed by atoms with van der Waals surface area (Å²) in [5.41, 5.74) is 5.55. The summed E-state index contributed by atoms with van der Waals surface area (Å²) in [6, 6.07) is 0. The molecule has 0 N–H and O–H groups in total. The van der Waals surface area contributed by atoms with Crippen molar-refractivity contribution < 1.29 is 9.13 Å². The van der Waals surface area contributed by atoms with Crippen molar-refractivity contribution in [2.45, 2.75) is 27.7 Å². The van der Waals surface area contributed by atoms with Crippen molar-refractivity contribution in [1.82, 2.24) is 9.34 Å². The van der Waals surface area contributed by atoms with E-state index in [0.29, 0.717) is 26.2 Å². The highest BCUT2D eigenvalue weighted by Crippen LogP contribution is 2.49. The monoisotopic (exact) mass is 292 g/mol. The maximum atomic E-state index is 12.4. The van der Waals surface area contributed by atoms with E-state index in [0.717, 1.165) is 0 Å². The predicted molar refractivity (Wildman–Crippen MR) is 80.7 cm³/mol. The fourth-order valence-corrected chi connectivity index (χ4v) is 5.78. The van der Waals surface area contributed by atoms with Gasteiger partial charge in [-0.3, -0.25) is 9.13 Å². The standard InChI is InChI=1S/C12H26N2O2P2/c1-7-13(8-2)17(5,15)11-12-18(6,16)14(9-3)10-4/h7-10H2,1-6H3. The maximum Gasteiger partial charge on any atom is 0.216 e. The third kappa shape index (κ3) is 4.90. The summed E-state index contributed by atoms with van der Waals surface area (Å²) < 4.78 is 28.5. The van der Waals surface area contributed by atoms with E-state index in [1.807, 2.05) is 37.0 Å². The van der Waals surface area contributed by atoms with Gasteiger partial charge in [0, 0.05) is 39.5 Å². The Balaban J connectivity index is 5.17. The summed E-state index contributed by atoms with van der Waals surface area (Å²) in [5.74, 6) is 0. The minimum atomic E-state index is -2.69. The van der Waals surface area contributed by atoms with Gasteiger partial charge in [0.25, 0.3) is 0 Å². The number of hydrogen-bond acceptors (Lipinski definition) is 2. The highest BCUT2D eigenvalue weighted by molar-refractivity contribution is 7.69. The zero-order valence-corrected chi connectivity index (χ0v) is 14.2. The molecule has 0 heterocycles. The van der Waals surface area contributed by atoms with Gasteiger partial charge in [0.15, 0.2) is 0 Å². The summed E-state index contributed by atoms with van der Waals surface area (Å²) in [6.07, 6.45) is 0.